The van der Waals surface area contributed by atoms with E-state index in [0.717, 1.165) is 11.3 Å². The zero-order valence-corrected chi connectivity index (χ0v) is 10.9. The van der Waals surface area contributed by atoms with E-state index in [-0.39, 0.29) is 36.0 Å². The summed E-state index contributed by atoms with van der Waals surface area (Å²) in [5.74, 6) is -0.110. The Balaban J connectivity index is 2.34. The van der Waals surface area contributed by atoms with E-state index in [1.807, 2.05) is 0 Å². The number of likely N-dealkylation sites (N-methyl/N-ethyl adjacent to an activating group) is 1. The zero-order chi connectivity index (χ0) is 13.3. The van der Waals surface area contributed by atoms with Crippen LogP contribution in [0.1, 0.15) is 12.0 Å². The Hall–Kier alpha value is -1.40. The summed E-state index contributed by atoms with van der Waals surface area (Å²) < 4.78 is 23.9. The van der Waals surface area contributed by atoms with Gasteiger partial charge in [0.1, 0.15) is 0 Å². The Morgan fingerprint density at radius 2 is 2.11 bits per heavy atom. The molecule has 0 spiro atoms. The number of hydrogen-bond donors (Lipinski definition) is 1. The standard InChI is InChI=1S/C12H15NO4S/c1-13-11-4-3-10(7-9(11)8-12(13)15)18(16,17)6-2-5-14/h3-4,7,14H,2,5-6,8H2,1H3. The van der Waals surface area contributed by atoms with Crippen LogP contribution in [0.4, 0.5) is 5.69 Å². The Kier molecular flexibility index (Phi) is 3.41. The number of nitrogens with zero attached hydrogens (tertiary/aromatic N) is 1. The number of hydrogen-bond acceptors (Lipinski definition) is 4. The quantitative estimate of drug-likeness (QED) is 0.856. The molecule has 2 rings (SSSR count). The molecule has 5 nitrogen and oxygen atoms in total. The lowest BCUT2D eigenvalue weighted by Crippen LogP contribution is -2.20. The molecule has 98 valence electrons. The average molecular weight is 269 g/mol. The number of carbonyl (C=O) groups is 1. The van der Waals surface area contributed by atoms with Gasteiger partial charge in [0.2, 0.25) is 5.91 Å². The largest absolute Gasteiger partial charge is 0.396 e. The van der Waals surface area contributed by atoms with Gasteiger partial charge in [0.15, 0.2) is 9.84 Å². The molecule has 1 N–H and O–H groups in total. The van der Waals surface area contributed by atoms with Gasteiger partial charge in [0, 0.05) is 19.3 Å². The third kappa shape index (κ3) is 2.26. The highest BCUT2D eigenvalue weighted by atomic mass is 32.2. The van der Waals surface area contributed by atoms with Gasteiger partial charge in [-0.05, 0) is 30.2 Å². The number of sulfone groups is 1. The highest BCUT2D eigenvalue weighted by molar-refractivity contribution is 7.91. The molecule has 0 atom stereocenters. The summed E-state index contributed by atoms with van der Waals surface area (Å²) in [6.45, 7) is -0.147. The normalized spacial score (nSPS) is 15.0. The van der Waals surface area contributed by atoms with Gasteiger partial charge in [-0.3, -0.25) is 4.79 Å². The van der Waals surface area contributed by atoms with Gasteiger partial charge in [-0.15, -0.1) is 0 Å². The van der Waals surface area contributed by atoms with Crippen LogP contribution in [0.15, 0.2) is 23.1 Å². The SMILES string of the molecule is CN1C(=O)Cc2cc(S(=O)(=O)CCCO)ccc21. The fourth-order valence-electron chi connectivity index (χ4n) is 2.01. The maximum atomic E-state index is 11.9. The van der Waals surface area contributed by atoms with Crippen LogP contribution in [0.2, 0.25) is 0 Å². The Morgan fingerprint density at radius 3 is 2.78 bits per heavy atom. The fraction of sp³-hybridized carbons (Fsp3) is 0.417. The molecule has 1 amide bonds. The highest BCUT2D eigenvalue weighted by Crippen LogP contribution is 2.30. The van der Waals surface area contributed by atoms with Crippen molar-refractivity contribution < 1.29 is 18.3 Å². The van der Waals surface area contributed by atoms with E-state index in [1.54, 1.807) is 19.2 Å². The first-order valence-electron chi connectivity index (χ1n) is 5.69. The molecule has 1 aliphatic rings. The molecule has 0 aromatic heterocycles. The molecule has 0 saturated heterocycles. The molecule has 6 heteroatoms. The Morgan fingerprint density at radius 1 is 1.39 bits per heavy atom. The second kappa shape index (κ2) is 4.70. The average Bonchev–Trinajstić information content (AvgIpc) is 2.62. The van der Waals surface area contributed by atoms with Gasteiger partial charge in [0.05, 0.1) is 17.1 Å². The summed E-state index contributed by atoms with van der Waals surface area (Å²) in [7, 11) is -1.69. The van der Waals surface area contributed by atoms with E-state index in [1.165, 1.54) is 11.0 Å². The van der Waals surface area contributed by atoms with Crippen LogP contribution in [0.5, 0.6) is 0 Å². The van der Waals surface area contributed by atoms with Crippen molar-refractivity contribution >= 4 is 21.4 Å². The summed E-state index contributed by atoms with van der Waals surface area (Å²) in [6.07, 6.45) is 0.466. The van der Waals surface area contributed by atoms with Crippen LogP contribution in [0.3, 0.4) is 0 Å². The van der Waals surface area contributed by atoms with Crippen molar-refractivity contribution in [3.63, 3.8) is 0 Å². The lowest BCUT2D eigenvalue weighted by Gasteiger charge is -2.10. The molecule has 1 aliphatic heterocycles. The smallest absolute Gasteiger partial charge is 0.231 e. The molecule has 0 radical (unpaired) electrons. The maximum Gasteiger partial charge on any atom is 0.231 e. The van der Waals surface area contributed by atoms with Crippen molar-refractivity contribution in [2.75, 3.05) is 24.3 Å². The third-order valence-electron chi connectivity index (χ3n) is 3.06. The molecule has 18 heavy (non-hydrogen) atoms. The first-order chi connectivity index (χ1) is 8.45. The number of aliphatic hydroxyl groups excluding tert-OH is 1. The molecule has 0 fully saturated rings. The molecular weight excluding hydrogens is 254 g/mol. The lowest BCUT2D eigenvalue weighted by atomic mass is 10.2. The monoisotopic (exact) mass is 269 g/mol. The van der Waals surface area contributed by atoms with Gasteiger partial charge < -0.3 is 10.0 Å². The lowest BCUT2D eigenvalue weighted by molar-refractivity contribution is -0.117. The summed E-state index contributed by atoms with van der Waals surface area (Å²) in [4.78, 5) is 13.3. The van der Waals surface area contributed by atoms with E-state index in [2.05, 4.69) is 0 Å². The predicted octanol–water partition coefficient (Wildman–Crippen LogP) is 0.362. The van der Waals surface area contributed by atoms with Crippen LogP contribution < -0.4 is 4.90 Å². The summed E-state index contributed by atoms with van der Waals surface area (Å²) in [6, 6.07) is 4.73. The van der Waals surface area contributed by atoms with E-state index < -0.39 is 9.84 Å². The number of amides is 1. The van der Waals surface area contributed by atoms with Crippen LogP contribution in [-0.2, 0) is 21.1 Å². The number of carbonyl (C=O) groups excluding carboxylic acids is 1. The number of anilines is 1. The van der Waals surface area contributed by atoms with Gasteiger partial charge in [0.25, 0.3) is 0 Å². The second-order valence-electron chi connectivity index (χ2n) is 4.32. The van der Waals surface area contributed by atoms with E-state index >= 15 is 0 Å². The number of aliphatic hydroxyl groups is 1. The van der Waals surface area contributed by atoms with E-state index in [9.17, 15) is 13.2 Å². The maximum absolute atomic E-state index is 11.9. The number of benzene rings is 1. The minimum absolute atomic E-state index is 0.0325. The third-order valence-corrected chi connectivity index (χ3v) is 4.86. The van der Waals surface area contributed by atoms with Gasteiger partial charge in [-0.1, -0.05) is 0 Å². The Bertz CT molecular complexity index is 580. The minimum Gasteiger partial charge on any atom is -0.396 e. The minimum atomic E-state index is -3.37. The van der Waals surface area contributed by atoms with E-state index in [4.69, 9.17) is 5.11 Å². The summed E-state index contributed by atoms with van der Waals surface area (Å²) >= 11 is 0. The number of fused-ring (bicyclic) bond motifs is 1. The fourth-order valence-corrected chi connectivity index (χ4v) is 3.35. The molecular formula is C12H15NO4S. The molecule has 0 saturated carbocycles. The molecule has 1 heterocycles. The van der Waals surface area contributed by atoms with Crippen LogP contribution in [0, 0.1) is 0 Å². The van der Waals surface area contributed by atoms with Crippen molar-refractivity contribution in [2.45, 2.75) is 17.7 Å². The molecule has 0 bridgehead atoms. The Labute approximate surface area is 106 Å². The topological polar surface area (TPSA) is 74.7 Å². The van der Waals surface area contributed by atoms with Crippen molar-refractivity contribution in [1.82, 2.24) is 0 Å². The summed E-state index contributed by atoms with van der Waals surface area (Å²) in [5.41, 5.74) is 1.51. The van der Waals surface area contributed by atoms with Gasteiger partial charge in [-0.25, -0.2) is 8.42 Å². The first-order valence-corrected chi connectivity index (χ1v) is 7.34. The molecule has 1 aromatic rings. The molecule has 1 aromatic carbocycles. The van der Waals surface area contributed by atoms with Crippen molar-refractivity contribution in [1.29, 1.82) is 0 Å². The van der Waals surface area contributed by atoms with Crippen molar-refractivity contribution in [2.24, 2.45) is 0 Å². The first kappa shape index (κ1) is 13.0. The highest BCUT2D eigenvalue weighted by Gasteiger charge is 2.25. The molecule has 0 unspecified atom stereocenters. The van der Waals surface area contributed by atoms with Gasteiger partial charge in [-0.2, -0.15) is 0 Å². The van der Waals surface area contributed by atoms with Gasteiger partial charge >= 0.3 is 0 Å². The van der Waals surface area contributed by atoms with Crippen LogP contribution in [-0.4, -0.2) is 38.8 Å². The van der Waals surface area contributed by atoms with Crippen molar-refractivity contribution in [3.05, 3.63) is 23.8 Å². The zero-order valence-electron chi connectivity index (χ0n) is 10.1. The predicted molar refractivity (Wildman–Crippen MR) is 67.3 cm³/mol. The molecule has 0 aliphatic carbocycles. The van der Waals surface area contributed by atoms with Crippen molar-refractivity contribution in [3.8, 4) is 0 Å². The summed E-state index contributed by atoms with van der Waals surface area (Å²) in [5, 5.41) is 8.69. The second-order valence-corrected chi connectivity index (χ2v) is 6.43. The number of rotatable bonds is 4. The van der Waals surface area contributed by atoms with Crippen LogP contribution >= 0.6 is 0 Å². The van der Waals surface area contributed by atoms with Crippen LogP contribution in [0.25, 0.3) is 0 Å². The van der Waals surface area contributed by atoms with E-state index in [0.29, 0.717) is 0 Å².